The number of rotatable bonds is 3. The summed E-state index contributed by atoms with van der Waals surface area (Å²) < 4.78 is 0. The first-order valence-electron chi connectivity index (χ1n) is 7.01. The van der Waals surface area contributed by atoms with Gasteiger partial charge in [0.25, 0.3) is 5.91 Å². The van der Waals surface area contributed by atoms with Crippen LogP contribution < -0.4 is 5.73 Å². The Kier molecular flexibility index (Phi) is 3.57. The molecule has 1 heterocycles. The highest BCUT2D eigenvalue weighted by atomic mass is 16.2. The van der Waals surface area contributed by atoms with E-state index in [9.17, 15) is 4.79 Å². The quantitative estimate of drug-likeness (QED) is 0.849. The number of benzene rings is 1. The number of carbonyl (C=O) groups is 1. The molecule has 0 bridgehead atoms. The number of nitrogen functional groups attached to an aromatic ring is 1. The fourth-order valence-electron chi connectivity index (χ4n) is 2.76. The molecule has 1 amide bonds. The topological polar surface area (TPSA) is 46.3 Å². The van der Waals surface area contributed by atoms with E-state index in [1.54, 1.807) is 0 Å². The summed E-state index contributed by atoms with van der Waals surface area (Å²) in [7, 11) is 0. The number of anilines is 1. The summed E-state index contributed by atoms with van der Waals surface area (Å²) in [4.78, 5) is 14.5. The van der Waals surface area contributed by atoms with Crippen LogP contribution in [0.2, 0.25) is 0 Å². The Morgan fingerprint density at radius 1 is 1.37 bits per heavy atom. The van der Waals surface area contributed by atoms with Crippen molar-refractivity contribution in [3.63, 3.8) is 0 Å². The molecule has 0 aliphatic carbocycles. The summed E-state index contributed by atoms with van der Waals surface area (Å²) in [5.41, 5.74) is 8.39. The van der Waals surface area contributed by atoms with Crippen LogP contribution in [0.1, 0.15) is 50.0 Å². The summed E-state index contributed by atoms with van der Waals surface area (Å²) in [6.45, 7) is 10.3. The molecule has 0 radical (unpaired) electrons. The molecule has 1 aromatic carbocycles. The van der Waals surface area contributed by atoms with Gasteiger partial charge in [0.15, 0.2) is 0 Å². The summed E-state index contributed by atoms with van der Waals surface area (Å²) in [6.07, 6.45) is 1.03. The van der Waals surface area contributed by atoms with E-state index in [-0.39, 0.29) is 11.3 Å². The summed E-state index contributed by atoms with van der Waals surface area (Å²) in [5, 5.41) is 0. The van der Waals surface area contributed by atoms with Crippen LogP contribution in [-0.2, 0) is 5.41 Å². The summed E-state index contributed by atoms with van der Waals surface area (Å²) in [5.74, 6) is 0.693. The van der Waals surface area contributed by atoms with Gasteiger partial charge in [-0.3, -0.25) is 4.79 Å². The lowest BCUT2D eigenvalue weighted by molar-refractivity contribution is 0.0681. The van der Waals surface area contributed by atoms with Crippen LogP contribution >= 0.6 is 0 Å². The highest BCUT2D eigenvalue weighted by Crippen LogP contribution is 2.36. The van der Waals surface area contributed by atoms with Crippen molar-refractivity contribution in [3.8, 4) is 0 Å². The number of nitrogens with two attached hydrogens (primary N) is 1. The van der Waals surface area contributed by atoms with Crippen LogP contribution in [0.5, 0.6) is 0 Å². The van der Waals surface area contributed by atoms with Gasteiger partial charge < -0.3 is 10.6 Å². The molecular weight excluding hydrogens is 236 g/mol. The molecule has 1 aliphatic heterocycles. The molecule has 0 atom stereocenters. The Morgan fingerprint density at radius 3 is 2.68 bits per heavy atom. The highest BCUT2D eigenvalue weighted by molar-refractivity contribution is 6.02. The van der Waals surface area contributed by atoms with Crippen LogP contribution in [-0.4, -0.2) is 23.9 Å². The Balaban J connectivity index is 2.36. The zero-order valence-electron chi connectivity index (χ0n) is 12.4. The smallest absolute Gasteiger partial charge is 0.256 e. The molecule has 0 aromatic heterocycles. The van der Waals surface area contributed by atoms with Crippen LogP contribution in [0.4, 0.5) is 5.69 Å². The molecule has 19 heavy (non-hydrogen) atoms. The van der Waals surface area contributed by atoms with Gasteiger partial charge in [0.2, 0.25) is 0 Å². The van der Waals surface area contributed by atoms with Crippen molar-refractivity contribution < 1.29 is 4.79 Å². The van der Waals surface area contributed by atoms with E-state index >= 15 is 0 Å². The minimum absolute atomic E-state index is 0.0321. The fourth-order valence-corrected chi connectivity index (χ4v) is 2.76. The maximum atomic E-state index is 12.6. The largest absolute Gasteiger partial charge is 0.398 e. The first kappa shape index (κ1) is 13.9. The summed E-state index contributed by atoms with van der Waals surface area (Å²) >= 11 is 0. The van der Waals surface area contributed by atoms with Gasteiger partial charge in [0.05, 0.1) is 5.56 Å². The SMILES string of the molecule is CC(C)CCN1CC(C)(C)c2cccc(N)c2C1=O. The Labute approximate surface area is 115 Å². The van der Waals surface area contributed by atoms with Crippen molar-refractivity contribution in [2.24, 2.45) is 5.92 Å². The average molecular weight is 260 g/mol. The number of amides is 1. The van der Waals surface area contributed by atoms with Crippen LogP contribution in [0.25, 0.3) is 0 Å². The van der Waals surface area contributed by atoms with Crippen molar-refractivity contribution in [2.75, 3.05) is 18.8 Å². The standard InChI is InChI=1S/C16H24N2O/c1-11(2)8-9-18-10-16(3,4)12-6-5-7-13(17)14(12)15(18)19/h5-7,11H,8-10,17H2,1-4H3. The molecule has 1 aliphatic rings. The molecule has 3 heteroatoms. The molecule has 0 fully saturated rings. The van der Waals surface area contributed by atoms with Crippen molar-refractivity contribution in [1.82, 2.24) is 4.90 Å². The van der Waals surface area contributed by atoms with Crippen LogP contribution in [0.3, 0.4) is 0 Å². The number of hydrogen-bond donors (Lipinski definition) is 1. The second-order valence-corrected chi connectivity index (χ2v) is 6.56. The van der Waals surface area contributed by atoms with Crippen molar-refractivity contribution in [3.05, 3.63) is 29.3 Å². The second kappa shape index (κ2) is 4.87. The van der Waals surface area contributed by atoms with Crippen LogP contribution in [0, 0.1) is 5.92 Å². The first-order chi connectivity index (χ1) is 8.83. The normalized spacial score (nSPS) is 17.7. The molecular formula is C16H24N2O. The highest BCUT2D eigenvalue weighted by Gasteiger charge is 2.37. The summed E-state index contributed by atoms with van der Waals surface area (Å²) in [6, 6.07) is 5.79. The predicted octanol–water partition coefficient (Wildman–Crippen LogP) is 3.05. The Bertz CT molecular complexity index is 492. The zero-order valence-corrected chi connectivity index (χ0v) is 12.4. The molecule has 104 valence electrons. The molecule has 3 nitrogen and oxygen atoms in total. The van der Waals surface area contributed by atoms with Crippen molar-refractivity contribution in [1.29, 1.82) is 0 Å². The molecule has 2 rings (SSSR count). The molecule has 1 aromatic rings. The van der Waals surface area contributed by atoms with Gasteiger partial charge in [0, 0.05) is 24.2 Å². The predicted molar refractivity (Wildman–Crippen MR) is 79.2 cm³/mol. The van der Waals surface area contributed by atoms with E-state index in [1.165, 1.54) is 0 Å². The van der Waals surface area contributed by atoms with Gasteiger partial charge in [-0.05, 0) is 24.0 Å². The monoisotopic (exact) mass is 260 g/mol. The minimum atomic E-state index is -0.0321. The van der Waals surface area contributed by atoms with E-state index in [0.29, 0.717) is 17.2 Å². The van der Waals surface area contributed by atoms with E-state index in [4.69, 9.17) is 5.73 Å². The van der Waals surface area contributed by atoms with Gasteiger partial charge in [-0.15, -0.1) is 0 Å². The lowest BCUT2D eigenvalue weighted by Gasteiger charge is -2.40. The second-order valence-electron chi connectivity index (χ2n) is 6.56. The molecule has 0 saturated heterocycles. The Hall–Kier alpha value is -1.51. The van der Waals surface area contributed by atoms with Crippen molar-refractivity contribution >= 4 is 11.6 Å². The lowest BCUT2D eigenvalue weighted by Crippen LogP contribution is -2.47. The van der Waals surface area contributed by atoms with E-state index in [2.05, 4.69) is 27.7 Å². The maximum Gasteiger partial charge on any atom is 0.256 e. The fraction of sp³-hybridized carbons (Fsp3) is 0.562. The van der Waals surface area contributed by atoms with E-state index in [0.717, 1.165) is 25.1 Å². The lowest BCUT2D eigenvalue weighted by atomic mass is 9.77. The number of hydrogen-bond acceptors (Lipinski definition) is 2. The first-order valence-corrected chi connectivity index (χ1v) is 7.01. The van der Waals surface area contributed by atoms with Gasteiger partial charge in [-0.2, -0.15) is 0 Å². The van der Waals surface area contributed by atoms with Gasteiger partial charge in [0.1, 0.15) is 0 Å². The molecule has 2 N–H and O–H groups in total. The third-order valence-corrected chi connectivity index (χ3v) is 3.89. The Morgan fingerprint density at radius 2 is 2.05 bits per heavy atom. The zero-order chi connectivity index (χ0) is 14.2. The number of nitrogens with zero attached hydrogens (tertiary/aromatic N) is 1. The molecule has 0 unspecified atom stereocenters. The van der Waals surface area contributed by atoms with Crippen LogP contribution in [0.15, 0.2) is 18.2 Å². The minimum Gasteiger partial charge on any atom is -0.398 e. The maximum absolute atomic E-state index is 12.6. The van der Waals surface area contributed by atoms with E-state index < -0.39 is 0 Å². The number of fused-ring (bicyclic) bond motifs is 1. The average Bonchev–Trinajstić information content (AvgIpc) is 2.32. The van der Waals surface area contributed by atoms with E-state index in [1.807, 2.05) is 23.1 Å². The van der Waals surface area contributed by atoms with Gasteiger partial charge in [-0.25, -0.2) is 0 Å². The van der Waals surface area contributed by atoms with Crippen molar-refractivity contribution in [2.45, 2.75) is 39.5 Å². The third kappa shape index (κ3) is 2.60. The molecule has 0 spiro atoms. The molecule has 0 saturated carbocycles. The third-order valence-electron chi connectivity index (χ3n) is 3.89. The van der Waals surface area contributed by atoms with Gasteiger partial charge >= 0.3 is 0 Å². The number of carbonyl (C=O) groups excluding carboxylic acids is 1. The van der Waals surface area contributed by atoms with Gasteiger partial charge in [-0.1, -0.05) is 39.8 Å².